The fourth-order valence-corrected chi connectivity index (χ4v) is 2.29. The number of nitrogens with one attached hydrogen (secondary N) is 1. The van der Waals surface area contributed by atoms with E-state index in [1.165, 1.54) is 5.01 Å². The summed E-state index contributed by atoms with van der Waals surface area (Å²) in [7, 11) is 0. The minimum Gasteiger partial charge on any atom is -0.494 e. The number of rotatable bonds is 9. The van der Waals surface area contributed by atoms with Crippen molar-refractivity contribution in [1.82, 2.24) is 10.4 Å². The van der Waals surface area contributed by atoms with Crippen LogP contribution in [-0.4, -0.2) is 36.8 Å². The molecule has 1 N–H and O–H groups in total. The van der Waals surface area contributed by atoms with E-state index in [0.29, 0.717) is 31.2 Å². The van der Waals surface area contributed by atoms with Crippen LogP contribution in [0.3, 0.4) is 0 Å². The molecule has 6 nitrogen and oxygen atoms in total. The Hall–Kier alpha value is -1.95. The number of unbranched alkanes of at least 4 members (excludes halogenated alkanes) is 3. The molecule has 0 unspecified atom stereocenters. The topological polar surface area (TPSA) is 67.9 Å². The zero-order valence-corrected chi connectivity index (χ0v) is 13.7. The van der Waals surface area contributed by atoms with Gasteiger partial charge in [-0.1, -0.05) is 24.4 Å². The number of benzene rings is 1. The molecule has 0 radical (unpaired) electrons. The number of halogens is 1. The Morgan fingerprint density at radius 2 is 1.96 bits per heavy atom. The summed E-state index contributed by atoms with van der Waals surface area (Å²) in [4.78, 5) is 22.8. The second-order valence-electron chi connectivity index (χ2n) is 5.27. The van der Waals surface area contributed by atoms with Crippen molar-refractivity contribution >= 4 is 23.6 Å². The minimum absolute atomic E-state index is 0.152. The van der Waals surface area contributed by atoms with Gasteiger partial charge < -0.3 is 9.47 Å². The molecule has 0 bridgehead atoms. The molecule has 1 heterocycles. The average Bonchev–Trinajstić information content (AvgIpc) is 2.93. The Kier molecular flexibility index (Phi) is 7.00. The molecule has 23 heavy (non-hydrogen) atoms. The molecule has 0 atom stereocenters. The van der Waals surface area contributed by atoms with Gasteiger partial charge in [0.1, 0.15) is 12.4 Å². The summed E-state index contributed by atoms with van der Waals surface area (Å²) >= 11 is 5.80. The maximum atomic E-state index is 11.6. The number of ether oxygens (including phenoxy) is 2. The van der Waals surface area contributed by atoms with Gasteiger partial charge in [-0.2, -0.15) is 0 Å². The fourth-order valence-electron chi connectivity index (χ4n) is 2.16. The molecule has 0 saturated carbocycles. The first kappa shape index (κ1) is 17.4. The predicted molar refractivity (Wildman–Crippen MR) is 86.2 cm³/mol. The molecule has 1 aromatic carbocycles. The van der Waals surface area contributed by atoms with Gasteiger partial charge in [-0.05, 0) is 37.1 Å². The van der Waals surface area contributed by atoms with E-state index in [9.17, 15) is 9.59 Å². The molecule has 2 rings (SSSR count). The second kappa shape index (κ2) is 9.25. The molecule has 1 saturated heterocycles. The average molecular weight is 341 g/mol. The lowest BCUT2D eigenvalue weighted by molar-refractivity contribution is -0.124. The molecule has 0 aliphatic carbocycles. The highest BCUT2D eigenvalue weighted by molar-refractivity contribution is 6.30. The van der Waals surface area contributed by atoms with Crippen LogP contribution in [0, 0.1) is 0 Å². The van der Waals surface area contributed by atoms with Crippen molar-refractivity contribution in [3.8, 4) is 5.75 Å². The van der Waals surface area contributed by atoms with Crippen molar-refractivity contribution in [1.29, 1.82) is 0 Å². The largest absolute Gasteiger partial charge is 0.494 e. The van der Waals surface area contributed by atoms with E-state index in [2.05, 4.69) is 5.43 Å². The Bertz CT molecular complexity index is 521. The summed E-state index contributed by atoms with van der Waals surface area (Å²) in [6.45, 7) is 1.38. The summed E-state index contributed by atoms with van der Waals surface area (Å²) in [6.07, 6.45) is 3.58. The standard InChI is InChI=1S/C16H21ClN2O4/c17-13-6-8-14(9-7-13)22-11-4-2-1-3-5-15(20)18-19-10-12-23-16(19)21/h6-9H,1-5,10-12H2,(H,18,20). The third-order valence-electron chi connectivity index (χ3n) is 3.40. The van der Waals surface area contributed by atoms with Crippen molar-refractivity contribution in [3.05, 3.63) is 29.3 Å². The Labute approximate surface area is 140 Å². The minimum atomic E-state index is -0.488. The molecule has 0 spiro atoms. The van der Waals surface area contributed by atoms with Gasteiger partial charge in [-0.3, -0.25) is 10.2 Å². The lowest BCUT2D eigenvalue weighted by atomic mass is 10.1. The van der Waals surface area contributed by atoms with Crippen LogP contribution in [0.1, 0.15) is 32.1 Å². The number of cyclic esters (lactones) is 1. The number of hydrogen-bond donors (Lipinski definition) is 1. The highest BCUT2D eigenvalue weighted by Gasteiger charge is 2.23. The lowest BCUT2D eigenvalue weighted by Gasteiger charge is -2.13. The van der Waals surface area contributed by atoms with Gasteiger partial charge in [0.15, 0.2) is 0 Å². The number of carbonyl (C=O) groups excluding carboxylic acids is 2. The van der Waals surface area contributed by atoms with Crippen LogP contribution in [0.5, 0.6) is 5.75 Å². The second-order valence-corrected chi connectivity index (χ2v) is 5.70. The van der Waals surface area contributed by atoms with Crippen LogP contribution in [0.15, 0.2) is 24.3 Å². The van der Waals surface area contributed by atoms with E-state index in [4.69, 9.17) is 21.1 Å². The van der Waals surface area contributed by atoms with E-state index in [1.807, 2.05) is 12.1 Å². The van der Waals surface area contributed by atoms with Gasteiger partial charge in [0.05, 0.1) is 13.2 Å². The maximum absolute atomic E-state index is 11.6. The third kappa shape index (κ3) is 6.36. The SMILES string of the molecule is O=C(CCCCCCOc1ccc(Cl)cc1)NN1CCOC1=O. The molecule has 7 heteroatoms. The van der Waals surface area contributed by atoms with Gasteiger partial charge in [0.25, 0.3) is 0 Å². The molecular formula is C16H21ClN2O4. The highest BCUT2D eigenvalue weighted by Crippen LogP contribution is 2.16. The molecule has 1 aliphatic heterocycles. The van der Waals surface area contributed by atoms with Crippen LogP contribution in [0.4, 0.5) is 4.79 Å². The number of hydrazine groups is 1. The number of hydrogen-bond acceptors (Lipinski definition) is 4. The van der Waals surface area contributed by atoms with E-state index in [1.54, 1.807) is 12.1 Å². The normalized spacial score (nSPS) is 13.8. The zero-order chi connectivity index (χ0) is 16.5. The van der Waals surface area contributed by atoms with Crippen LogP contribution >= 0.6 is 11.6 Å². The van der Waals surface area contributed by atoms with Crippen LogP contribution in [-0.2, 0) is 9.53 Å². The van der Waals surface area contributed by atoms with Crippen LogP contribution in [0.2, 0.25) is 5.02 Å². The first-order valence-corrected chi connectivity index (χ1v) is 8.15. The van der Waals surface area contributed by atoms with Gasteiger partial charge in [0, 0.05) is 11.4 Å². The van der Waals surface area contributed by atoms with Gasteiger partial charge in [-0.25, -0.2) is 9.80 Å². The quantitative estimate of drug-likeness (QED) is 0.701. The van der Waals surface area contributed by atoms with E-state index in [-0.39, 0.29) is 5.91 Å². The van der Waals surface area contributed by atoms with Crippen molar-refractivity contribution in [2.45, 2.75) is 32.1 Å². The first-order chi connectivity index (χ1) is 11.1. The van der Waals surface area contributed by atoms with Gasteiger partial charge in [-0.15, -0.1) is 0 Å². The summed E-state index contributed by atoms with van der Waals surface area (Å²) < 4.78 is 10.3. The van der Waals surface area contributed by atoms with Gasteiger partial charge >= 0.3 is 6.09 Å². The summed E-state index contributed by atoms with van der Waals surface area (Å²) in [6, 6.07) is 7.28. The van der Waals surface area contributed by atoms with E-state index in [0.717, 1.165) is 31.4 Å². The molecule has 1 aliphatic rings. The van der Waals surface area contributed by atoms with E-state index >= 15 is 0 Å². The predicted octanol–water partition coefficient (Wildman–Crippen LogP) is 3.15. The van der Waals surface area contributed by atoms with Gasteiger partial charge in [0.2, 0.25) is 5.91 Å². The van der Waals surface area contributed by atoms with Crippen LogP contribution in [0.25, 0.3) is 0 Å². The molecule has 0 aromatic heterocycles. The summed E-state index contributed by atoms with van der Waals surface area (Å²) in [5.41, 5.74) is 2.54. The highest BCUT2D eigenvalue weighted by atomic mass is 35.5. The maximum Gasteiger partial charge on any atom is 0.428 e. The molecule has 1 fully saturated rings. The first-order valence-electron chi connectivity index (χ1n) is 7.77. The molecule has 126 valence electrons. The van der Waals surface area contributed by atoms with Crippen molar-refractivity contribution in [3.63, 3.8) is 0 Å². The number of amides is 2. The van der Waals surface area contributed by atoms with Crippen LogP contribution < -0.4 is 10.2 Å². The third-order valence-corrected chi connectivity index (χ3v) is 3.65. The number of nitrogens with zero attached hydrogens (tertiary/aromatic N) is 1. The molecule has 1 aromatic rings. The smallest absolute Gasteiger partial charge is 0.428 e. The molecular weight excluding hydrogens is 320 g/mol. The Balaban J connectivity index is 1.46. The lowest BCUT2D eigenvalue weighted by Crippen LogP contribution is -2.42. The van der Waals surface area contributed by atoms with Crippen molar-refractivity contribution in [2.24, 2.45) is 0 Å². The van der Waals surface area contributed by atoms with Crippen molar-refractivity contribution in [2.75, 3.05) is 19.8 Å². The van der Waals surface area contributed by atoms with E-state index < -0.39 is 6.09 Å². The fraction of sp³-hybridized carbons (Fsp3) is 0.500. The Morgan fingerprint density at radius 3 is 2.65 bits per heavy atom. The monoisotopic (exact) mass is 340 g/mol. The zero-order valence-electron chi connectivity index (χ0n) is 12.9. The number of carbonyl (C=O) groups is 2. The Morgan fingerprint density at radius 1 is 1.22 bits per heavy atom. The molecule has 2 amide bonds. The summed E-state index contributed by atoms with van der Waals surface area (Å²) in [5.74, 6) is 0.660. The van der Waals surface area contributed by atoms with Crippen molar-refractivity contribution < 1.29 is 19.1 Å². The summed E-state index contributed by atoms with van der Waals surface area (Å²) in [5, 5.41) is 1.90.